The number of hydrogen-bond donors (Lipinski definition) is 3. The van der Waals surface area contributed by atoms with E-state index in [4.69, 9.17) is 0 Å². The Labute approximate surface area is 151 Å². The van der Waals surface area contributed by atoms with Crippen molar-refractivity contribution in [2.75, 3.05) is 11.9 Å². The van der Waals surface area contributed by atoms with Gasteiger partial charge in [0, 0.05) is 17.6 Å². The fourth-order valence-corrected chi connectivity index (χ4v) is 2.75. The first-order valence-electron chi connectivity index (χ1n) is 8.48. The molecule has 0 aliphatic carbocycles. The van der Waals surface area contributed by atoms with E-state index in [0.717, 1.165) is 22.8 Å². The van der Waals surface area contributed by atoms with E-state index in [-0.39, 0.29) is 5.75 Å². The number of rotatable bonds is 5. The zero-order valence-corrected chi connectivity index (χ0v) is 14.2. The highest BCUT2D eigenvalue weighted by molar-refractivity contribution is 6.40. The number of phenols is 1. The van der Waals surface area contributed by atoms with E-state index in [1.807, 2.05) is 48.5 Å². The molecule has 132 valence electrons. The van der Waals surface area contributed by atoms with Crippen molar-refractivity contribution in [1.29, 1.82) is 0 Å². The van der Waals surface area contributed by atoms with Crippen molar-refractivity contribution >= 4 is 28.3 Å². The zero-order chi connectivity index (χ0) is 18.4. The Kier molecular flexibility index (Phi) is 5.49. The van der Waals surface area contributed by atoms with Gasteiger partial charge in [-0.15, -0.1) is 0 Å². The molecule has 0 radical (unpaired) electrons. The third kappa shape index (κ3) is 4.39. The molecule has 3 aromatic carbocycles. The van der Waals surface area contributed by atoms with E-state index in [0.29, 0.717) is 18.7 Å². The second kappa shape index (κ2) is 8.16. The lowest BCUT2D eigenvalue weighted by Crippen LogP contribution is -2.36. The van der Waals surface area contributed by atoms with Crippen LogP contribution in [0.4, 0.5) is 5.69 Å². The highest BCUT2D eigenvalue weighted by atomic mass is 16.3. The molecule has 3 N–H and O–H groups in total. The number of anilines is 1. The number of aryl methyl sites for hydroxylation is 1. The maximum absolute atomic E-state index is 12.1. The molecule has 0 saturated heterocycles. The minimum Gasteiger partial charge on any atom is -0.508 e. The van der Waals surface area contributed by atoms with Crippen LogP contribution in [0.2, 0.25) is 0 Å². The van der Waals surface area contributed by atoms with Gasteiger partial charge in [-0.3, -0.25) is 9.59 Å². The summed E-state index contributed by atoms with van der Waals surface area (Å²) in [6.07, 6.45) is 1.46. The van der Waals surface area contributed by atoms with Crippen molar-refractivity contribution in [3.63, 3.8) is 0 Å². The summed E-state index contributed by atoms with van der Waals surface area (Å²) in [6, 6.07) is 20.2. The number of phenolic OH excluding ortho intramolecular Hbond substituents is 1. The number of nitrogens with one attached hydrogen (secondary N) is 2. The predicted octanol–water partition coefficient (Wildman–Crippen LogP) is 3.23. The number of aromatic hydroxyl groups is 1. The molecule has 3 rings (SSSR count). The first kappa shape index (κ1) is 17.5. The summed E-state index contributed by atoms with van der Waals surface area (Å²) >= 11 is 0. The van der Waals surface area contributed by atoms with Crippen LogP contribution in [0.1, 0.15) is 12.0 Å². The number of fused-ring (bicyclic) bond motifs is 1. The lowest BCUT2D eigenvalue weighted by molar-refractivity contribution is -0.136. The molecule has 0 unspecified atom stereocenters. The molecule has 0 aliphatic heterocycles. The topological polar surface area (TPSA) is 78.4 Å². The fourth-order valence-electron chi connectivity index (χ4n) is 2.75. The van der Waals surface area contributed by atoms with Crippen LogP contribution in [-0.4, -0.2) is 23.5 Å². The Morgan fingerprint density at radius 3 is 2.38 bits per heavy atom. The summed E-state index contributed by atoms with van der Waals surface area (Å²) in [5.41, 5.74) is 1.68. The van der Waals surface area contributed by atoms with E-state index in [1.54, 1.807) is 18.2 Å². The number of amides is 2. The van der Waals surface area contributed by atoms with Crippen molar-refractivity contribution in [3.8, 4) is 5.75 Å². The Bertz CT molecular complexity index is 915. The lowest BCUT2D eigenvalue weighted by atomic mass is 10.1. The van der Waals surface area contributed by atoms with Gasteiger partial charge in [-0.1, -0.05) is 48.5 Å². The van der Waals surface area contributed by atoms with Gasteiger partial charge in [-0.2, -0.15) is 0 Å². The third-order valence-electron chi connectivity index (χ3n) is 4.11. The Morgan fingerprint density at radius 1 is 0.846 bits per heavy atom. The monoisotopic (exact) mass is 348 g/mol. The van der Waals surface area contributed by atoms with Gasteiger partial charge in [-0.05, 0) is 42.0 Å². The van der Waals surface area contributed by atoms with Crippen LogP contribution in [0.25, 0.3) is 10.8 Å². The molecule has 5 nitrogen and oxygen atoms in total. The molecule has 0 bridgehead atoms. The number of carbonyl (C=O) groups is 2. The standard InChI is InChI=1S/C21H20N2O3/c24-17-12-10-15(11-13-17)5-4-14-22-20(25)21(26)23-19-9-3-7-16-6-1-2-8-18(16)19/h1-3,6-13,24H,4-5,14H2,(H,22,25)(H,23,26). The van der Waals surface area contributed by atoms with E-state index >= 15 is 0 Å². The summed E-state index contributed by atoms with van der Waals surface area (Å²) in [6.45, 7) is 0.405. The maximum atomic E-state index is 12.1. The van der Waals surface area contributed by atoms with Crippen molar-refractivity contribution in [2.45, 2.75) is 12.8 Å². The van der Waals surface area contributed by atoms with Gasteiger partial charge in [0.2, 0.25) is 0 Å². The molecule has 0 aromatic heterocycles. The molecule has 0 saturated carbocycles. The number of hydrogen-bond acceptors (Lipinski definition) is 3. The second-order valence-electron chi connectivity index (χ2n) is 6.01. The predicted molar refractivity (Wildman–Crippen MR) is 102 cm³/mol. The largest absolute Gasteiger partial charge is 0.508 e. The fraction of sp³-hybridized carbons (Fsp3) is 0.143. The Hall–Kier alpha value is -3.34. The van der Waals surface area contributed by atoms with Crippen LogP contribution >= 0.6 is 0 Å². The first-order chi connectivity index (χ1) is 12.6. The highest BCUT2D eigenvalue weighted by Crippen LogP contribution is 2.22. The third-order valence-corrected chi connectivity index (χ3v) is 4.11. The summed E-state index contributed by atoms with van der Waals surface area (Å²) in [7, 11) is 0. The summed E-state index contributed by atoms with van der Waals surface area (Å²) < 4.78 is 0. The number of carbonyl (C=O) groups excluding carboxylic acids is 2. The van der Waals surface area contributed by atoms with Crippen LogP contribution in [-0.2, 0) is 16.0 Å². The molecular formula is C21H20N2O3. The molecule has 0 fully saturated rings. The van der Waals surface area contributed by atoms with E-state index < -0.39 is 11.8 Å². The quantitative estimate of drug-likeness (QED) is 0.489. The lowest BCUT2D eigenvalue weighted by Gasteiger charge is -2.09. The molecule has 0 spiro atoms. The first-order valence-corrected chi connectivity index (χ1v) is 8.48. The normalized spacial score (nSPS) is 10.5. The van der Waals surface area contributed by atoms with Gasteiger partial charge >= 0.3 is 11.8 Å². The van der Waals surface area contributed by atoms with Gasteiger partial charge < -0.3 is 15.7 Å². The van der Waals surface area contributed by atoms with Crippen molar-refractivity contribution in [1.82, 2.24) is 5.32 Å². The summed E-state index contributed by atoms with van der Waals surface area (Å²) in [5.74, 6) is -1.10. The molecule has 2 amide bonds. The molecular weight excluding hydrogens is 328 g/mol. The smallest absolute Gasteiger partial charge is 0.313 e. The minimum absolute atomic E-state index is 0.229. The van der Waals surface area contributed by atoms with Crippen molar-refractivity contribution in [3.05, 3.63) is 72.3 Å². The molecule has 0 aliphatic rings. The SMILES string of the molecule is O=C(NCCCc1ccc(O)cc1)C(=O)Nc1cccc2ccccc12. The van der Waals surface area contributed by atoms with E-state index in [9.17, 15) is 14.7 Å². The minimum atomic E-state index is -0.675. The molecule has 26 heavy (non-hydrogen) atoms. The van der Waals surface area contributed by atoms with Crippen LogP contribution in [0.15, 0.2) is 66.7 Å². The van der Waals surface area contributed by atoms with Crippen LogP contribution in [0.5, 0.6) is 5.75 Å². The molecule has 0 atom stereocenters. The van der Waals surface area contributed by atoms with E-state index in [2.05, 4.69) is 10.6 Å². The van der Waals surface area contributed by atoms with Crippen molar-refractivity contribution in [2.24, 2.45) is 0 Å². The zero-order valence-electron chi connectivity index (χ0n) is 14.2. The number of benzene rings is 3. The summed E-state index contributed by atoms with van der Waals surface area (Å²) in [4.78, 5) is 24.1. The second-order valence-corrected chi connectivity index (χ2v) is 6.01. The molecule has 3 aromatic rings. The molecule has 0 heterocycles. The average Bonchev–Trinajstić information content (AvgIpc) is 2.66. The molecule has 5 heteroatoms. The average molecular weight is 348 g/mol. The maximum Gasteiger partial charge on any atom is 0.313 e. The Morgan fingerprint density at radius 2 is 1.58 bits per heavy atom. The van der Waals surface area contributed by atoms with Gasteiger partial charge in [0.15, 0.2) is 0 Å². The van der Waals surface area contributed by atoms with Gasteiger partial charge in [-0.25, -0.2) is 0 Å². The van der Waals surface area contributed by atoms with Crippen LogP contribution < -0.4 is 10.6 Å². The van der Waals surface area contributed by atoms with Crippen molar-refractivity contribution < 1.29 is 14.7 Å². The van der Waals surface area contributed by atoms with E-state index in [1.165, 1.54) is 0 Å². The summed E-state index contributed by atoms with van der Waals surface area (Å²) in [5, 5.41) is 16.4. The van der Waals surface area contributed by atoms with Crippen LogP contribution in [0, 0.1) is 0 Å². The Balaban J connectivity index is 1.50. The van der Waals surface area contributed by atoms with Gasteiger partial charge in [0.05, 0.1) is 0 Å². The van der Waals surface area contributed by atoms with Gasteiger partial charge in [0.25, 0.3) is 0 Å². The van der Waals surface area contributed by atoms with Gasteiger partial charge in [0.1, 0.15) is 5.75 Å². The highest BCUT2D eigenvalue weighted by Gasteiger charge is 2.14. The van der Waals surface area contributed by atoms with Crippen LogP contribution in [0.3, 0.4) is 0 Å².